The summed E-state index contributed by atoms with van der Waals surface area (Å²) in [6, 6.07) is 12.8. The van der Waals surface area contributed by atoms with Crippen LogP contribution in [-0.4, -0.2) is 5.54 Å². The third-order valence-electron chi connectivity index (χ3n) is 3.64. The van der Waals surface area contributed by atoms with Gasteiger partial charge in [0, 0.05) is 6.54 Å². The largest absolute Gasteiger partial charge is 0.295 e. The quantitative estimate of drug-likeness (QED) is 0.805. The number of nitriles is 1. The highest BCUT2D eigenvalue weighted by atomic mass is 15.0. The third-order valence-corrected chi connectivity index (χ3v) is 3.64. The van der Waals surface area contributed by atoms with Gasteiger partial charge < -0.3 is 0 Å². The van der Waals surface area contributed by atoms with Crippen molar-refractivity contribution in [2.24, 2.45) is 0 Å². The lowest BCUT2D eigenvalue weighted by molar-refractivity contribution is 0.364. The van der Waals surface area contributed by atoms with Crippen molar-refractivity contribution in [1.82, 2.24) is 5.32 Å². The summed E-state index contributed by atoms with van der Waals surface area (Å²) < 4.78 is 0. The Labute approximate surface area is 104 Å². The summed E-state index contributed by atoms with van der Waals surface area (Å²) in [5, 5.41) is 12.9. The van der Waals surface area contributed by atoms with Gasteiger partial charge in [-0.25, -0.2) is 0 Å². The van der Waals surface area contributed by atoms with Crippen LogP contribution >= 0.6 is 0 Å². The Hall–Kier alpha value is -1.33. The van der Waals surface area contributed by atoms with Crippen LogP contribution in [0.15, 0.2) is 30.3 Å². The van der Waals surface area contributed by atoms with E-state index in [4.69, 9.17) is 0 Å². The zero-order valence-electron chi connectivity index (χ0n) is 10.3. The zero-order chi connectivity index (χ0) is 12.0. The molecule has 1 aliphatic rings. The molecule has 1 aliphatic carbocycles. The molecule has 0 unspecified atom stereocenters. The number of hydrogen-bond acceptors (Lipinski definition) is 2. The Morgan fingerprint density at radius 2 is 1.71 bits per heavy atom. The topological polar surface area (TPSA) is 35.8 Å². The standard InChI is InChI=1S/C15H20N2/c16-13-15(10-6-1-2-7-11-15)17-12-14-8-4-3-5-9-14/h3-5,8-9,17H,1-2,6-7,10-12H2. The van der Waals surface area contributed by atoms with E-state index >= 15 is 0 Å². The molecule has 1 N–H and O–H groups in total. The van der Waals surface area contributed by atoms with Crippen LogP contribution in [0.4, 0.5) is 0 Å². The maximum Gasteiger partial charge on any atom is 0.107 e. The molecule has 1 saturated carbocycles. The molecule has 0 radical (unpaired) electrons. The second-order valence-electron chi connectivity index (χ2n) is 4.95. The van der Waals surface area contributed by atoms with Crippen molar-refractivity contribution in [1.29, 1.82) is 5.26 Å². The molecule has 0 saturated heterocycles. The van der Waals surface area contributed by atoms with E-state index in [1.807, 2.05) is 18.2 Å². The number of nitrogens with one attached hydrogen (secondary N) is 1. The molecule has 0 atom stereocenters. The second-order valence-corrected chi connectivity index (χ2v) is 4.95. The number of rotatable bonds is 3. The molecular formula is C15H20N2. The van der Waals surface area contributed by atoms with Gasteiger partial charge in [0.1, 0.15) is 5.54 Å². The Bertz CT molecular complexity index is 370. The van der Waals surface area contributed by atoms with E-state index in [1.165, 1.54) is 31.2 Å². The lowest BCUT2D eigenvalue weighted by atomic mass is 9.91. The van der Waals surface area contributed by atoms with E-state index in [2.05, 4.69) is 23.5 Å². The smallest absolute Gasteiger partial charge is 0.107 e. The zero-order valence-corrected chi connectivity index (χ0v) is 10.3. The summed E-state index contributed by atoms with van der Waals surface area (Å²) in [5.74, 6) is 0. The van der Waals surface area contributed by atoms with E-state index in [0.717, 1.165) is 19.4 Å². The highest BCUT2D eigenvalue weighted by Crippen LogP contribution is 2.26. The van der Waals surface area contributed by atoms with Gasteiger partial charge in [-0.15, -0.1) is 0 Å². The normalized spacial score (nSPS) is 19.2. The summed E-state index contributed by atoms with van der Waals surface area (Å²) in [4.78, 5) is 0. The van der Waals surface area contributed by atoms with Crippen molar-refractivity contribution in [3.63, 3.8) is 0 Å². The fraction of sp³-hybridized carbons (Fsp3) is 0.533. The van der Waals surface area contributed by atoms with E-state index in [0.29, 0.717) is 0 Å². The van der Waals surface area contributed by atoms with Crippen molar-refractivity contribution in [2.45, 2.75) is 50.6 Å². The SMILES string of the molecule is N#CC1(NCc2ccccc2)CCCCCC1. The molecule has 17 heavy (non-hydrogen) atoms. The predicted molar refractivity (Wildman–Crippen MR) is 69.3 cm³/mol. The van der Waals surface area contributed by atoms with Gasteiger partial charge in [-0.2, -0.15) is 5.26 Å². The molecule has 2 nitrogen and oxygen atoms in total. The summed E-state index contributed by atoms with van der Waals surface area (Å²) in [6.45, 7) is 0.800. The van der Waals surface area contributed by atoms with Gasteiger partial charge >= 0.3 is 0 Å². The van der Waals surface area contributed by atoms with Gasteiger partial charge in [0.15, 0.2) is 0 Å². The molecular weight excluding hydrogens is 208 g/mol. The Kier molecular flexibility index (Phi) is 4.17. The van der Waals surface area contributed by atoms with Crippen molar-refractivity contribution in [2.75, 3.05) is 0 Å². The highest BCUT2D eigenvalue weighted by Gasteiger charge is 2.29. The van der Waals surface area contributed by atoms with Crippen LogP contribution in [-0.2, 0) is 6.54 Å². The van der Waals surface area contributed by atoms with E-state index in [1.54, 1.807) is 0 Å². The number of hydrogen-bond donors (Lipinski definition) is 1. The fourth-order valence-corrected chi connectivity index (χ4v) is 2.53. The average molecular weight is 228 g/mol. The summed E-state index contributed by atoms with van der Waals surface area (Å²) in [6.07, 6.45) is 6.89. The lowest BCUT2D eigenvalue weighted by Gasteiger charge is -2.26. The molecule has 0 heterocycles. The first-order valence-corrected chi connectivity index (χ1v) is 6.55. The molecule has 0 aliphatic heterocycles. The minimum atomic E-state index is -0.285. The monoisotopic (exact) mass is 228 g/mol. The van der Waals surface area contributed by atoms with Crippen LogP contribution in [0.5, 0.6) is 0 Å². The minimum Gasteiger partial charge on any atom is -0.295 e. The van der Waals surface area contributed by atoms with Crippen LogP contribution in [0.3, 0.4) is 0 Å². The maximum absolute atomic E-state index is 9.43. The first-order valence-electron chi connectivity index (χ1n) is 6.55. The van der Waals surface area contributed by atoms with Gasteiger partial charge in [-0.1, -0.05) is 56.0 Å². The third kappa shape index (κ3) is 3.31. The fourth-order valence-electron chi connectivity index (χ4n) is 2.53. The molecule has 0 bridgehead atoms. The maximum atomic E-state index is 9.43. The number of benzene rings is 1. The highest BCUT2D eigenvalue weighted by molar-refractivity contribution is 5.16. The van der Waals surface area contributed by atoms with E-state index in [-0.39, 0.29) is 5.54 Å². The lowest BCUT2D eigenvalue weighted by Crippen LogP contribution is -2.42. The van der Waals surface area contributed by atoms with Crippen LogP contribution < -0.4 is 5.32 Å². The number of nitrogens with zero attached hydrogens (tertiary/aromatic N) is 1. The van der Waals surface area contributed by atoms with Crippen LogP contribution in [0.25, 0.3) is 0 Å². The molecule has 0 spiro atoms. The first kappa shape index (κ1) is 12.1. The van der Waals surface area contributed by atoms with Crippen LogP contribution in [0, 0.1) is 11.3 Å². The van der Waals surface area contributed by atoms with Gasteiger partial charge in [0.2, 0.25) is 0 Å². The first-order chi connectivity index (χ1) is 8.35. The second kappa shape index (κ2) is 5.84. The van der Waals surface area contributed by atoms with Gasteiger partial charge in [-0.05, 0) is 18.4 Å². The Morgan fingerprint density at radius 3 is 2.29 bits per heavy atom. The summed E-state index contributed by atoms with van der Waals surface area (Å²) in [7, 11) is 0. The van der Waals surface area contributed by atoms with Crippen molar-refractivity contribution in [3.05, 3.63) is 35.9 Å². The Balaban J connectivity index is 1.97. The molecule has 0 amide bonds. The van der Waals surface area contributed by atoms with Gasteiger partial charge in [0.05, 0.1) is 6.07 Å². The van der Waals surface area contributed by atoms with Crippen LogP contribution in [0.1, 0.15) is 44.1 Å². The van der Waals surface area contributed by atoms with Gasteiger partial charge in [-0.3, -0.25) is 5.32 Å². The molecule has 1 aromatic rings. The van der Waals surface area contributed by atoms with Crippen LogP contribution in [0.2, 0.25) is 0 Å². The van der Waals surface area contributed by atoms with Gasteiger partial charge in [0.25, 0.3) is 0 Å². The van der Waals surface area contributed by atoms with Crippen molar-refractivity contribution >= 4 is 0 Å². The van der Waals surface area contributed by atoms with Crippen molar-refractivity contribution in [3.8, 4) is 6.07 Å². The average Bonchev–Trinajstić information content (AvgIpc) is 2.64. The molecule has 1 fully saturated rings. The molecule has 2 heteroatoms. The van der Waals surface area contributed by atoms with E-state index < -0.39 is 0 Å². The molecule has 0 aromatic heterocycles. The minimum absolute atomic E-state index is 0.285. The van der Waals surface area contributed by atoms with Crippen molar-refractivity contribution < 1.29 is 0 Å². The summed E-state index contributed by atoms with van der Waals surface area (Å²) in [5.41, 5.74) is 0.971. The molecule has 90 valence electrons. The Morgan fingerprint density at radius 1 is 1.06 bits per heavy atom. The molecule has 2 rings (SSSR count). The molecule has 1 aromatic carbocycles. The predicted octanol–water partition coefficient (Wildman–Crippen LogP) is 3.39. The summed E-state index contributed by atoms with van der Waals surface area (Å²) >= 11 is 0. The van der Waals surface area contributed by atoms with E-state index in [9.17, 15) is 5.26 Å².